The van der Waals surface area contributed by atoms with Crippen molar-refractivity contribution in [3.8, 4) is 124 Å². The summed E-state index contributed by atoms with van der Waals surface area (Å²) in [5, 5.41) is -0.0665. The summed E-state index contributed by atoms with van der Waals surface area (Å²) in [5.74, 6) is 2.54. The van der Waals surface area contributed by atoms with E-state index in [0.29, 0.717) is 5.82 Å². The smallest absolute Gasteiger partial charge is 0.524 e. The molecule has 580 valence electrons. The van der Waals surface area contributed by atoms with E-state index >= 15 is 0 Å². The molecule has 18 aromatic rings. The number of para-hydroxylation sites is 9. The van der Waals surface area contributed by atoms with E-state index in [1.54, 1.807) is 0 Å². The zero-order chi connectivity index (χ0) is 82.0. The molecular formula is C111H80B3N7O2. The Morgan fingerprint density at radius 2 is 0.618 bits per heavy atom. The molecule has 25 rings (SSSR count). The maximum Gasteiger partial charge on any atom is 0.524 e. The van der Waals surface area contributed by atoms with Gasteiger partial charge in [0.1, 0.15) is 11.5 Å². The van der Waals surface area contributed by atoms with E-state index in [1.807, 2.05) is 60.7 Å². The third-order valence-electron chi connectivity index (χ3n) is 25.9. The number of pyridine rings is 1. The van der Waals surface area contributed by atoms with Gasteiger partial charge in [0.15, 0.2) is 5.82 Å². The molecule has 123 heavy (non-hydrogen) atoms. The van der Waals surface area contributed by atoms with E-state index in [-0.39, 0.29) is 31.7 Å². The molecule has 9 heterocycles. The van der Waals surface area contributed by atoms with Gasteiger partial charge in [0.05, 0.1) is 45.5 Å². The molecule has 12 heteroatoms. The zero-order valence-corrected chi connectivity index (χ0v) is 68.4. The van der Waals surface area contributed by atoms with Crippen LogP contribution in [0.2, 0.25) is 0 Å². The van der Waals surface area contributed by atoms with Crippen LogP contribution in [-0.4, -0.2) is 35.9 Å². The second-order valence-corrected chi connectivity index (χ2v) is 33.7. The number of hydrogen-bond donors (Lipinski definition) is 0. The largest absolute Gasteiger partial charge is 0.536 e. The first-order chi connectivity index (χ1) is 60.5. The fourth-order valence-corrected chi connectivity index (χ4v) is 20.0. The lowest BCUT2D eigenvalue weighted by atomic mass is 9.37. The first-order valence-electron chi connectivity index (χ1n) is 42.4. The normalized spacial score (nSPS) is 14.0. The number of anilines is 9. The molecule has 2 aromatic heterocycles. The Morgan fingerprint density at radius 1 is 0.236 bits per heavy atom. The lowest BCUT2D eigenvalue weighted by Gasteiger charge is -2.42. The number of fused-ring (bicyclic) bond motifs is 26. The molecule has 0 unspecified atom stereocenters. The van der Waals surface area contributed by atoms with Crippen molar-refractivity contribution in [3.05, 3.63) is 429 Å². The molecule has 0 spiro atoms. The third kappa shape index (κ3) is 12.2. The van der Waals surface area contributed by atoms with Crippen LogP contribution in [0.5, 0.6) is 11.5 Å². The molecule has 7 aliphatic rings. The fraction of sp³-hybridized carbons (Fsp3) is 0.0541. The Hall–Kier alpha value is -15.3. The van der Waals surface area contributed by atoms with Crippen LogP contribution in [0.25, 0.3) is 112 Å². The highest BCUT2D eigenvalue weighted by Crippen LogP contribution is 2.56. The summed E-state index contributed by atoms with van der Waals surface area (Å²) in [6, 6.07) is 147. The van der Waals surface area contributed by atoms with Gasteiger partial charge < -0.3 is 28.6 Å². The lowest BCUT2D eigenvalue weighted by Crippen LogP contribution is -2.55. The Balaban J connectivity index is 0.000000107. The van der Waals surface area contributed by atoms with E-state index in [0.717, 1.165) is 101 Å². The number of rotatable bonds is 8. The van der Waals surface area contributed by atoms with Gasteiger partial charge in [-0.25, -0.2) is 15.0 Å². The third-order valence-corrected chi connectivity index (χ3v) is 25.9. The van der Waals surface area contributed by atoms with Gasteiger partial charge in [0.2, 0.25) is 0 Å². The second-order valence-electron chi connectivity index (χ2n) is 33.7. The molecular weight excluding hydrogens is 1500 g/mol. The van der Waals surface area contributed by atoms with Crippen LogP contribution in [0.4, 0.5) is 51.2 Å². The Kier molecular flexibility index (Phi) is 17.4. The van der Waals surface area contributed by atoms with Gasteiger partial charge in [-0.05, 0) is 187 Å². The molecule has 0 saturated carbocycles. The van der Waals surface area contributed by atoms with Crippen molar-refractivity contribution in [1.29, 1.82) is 0 Å². The van der Waals surface area contributed by atoms with Gasteiger partial charge in [0.25, 0.3) is 0 Å². The van der Waals surface area contributed by atoms with E-state index < -0.39 is 0 Å². The Morgan fingerprint density at radius 3 is 1.15 bits per heavy atom. The average Bonchev–Trinajstić information content (AvgIpc) is 1.50. The topological polar surface area (TPSA) is 70.1 Å². The van der Waals surface area contributed by atoms with Crippen molar-refractivity contribution in [1.82, 2.24) is 15.0 Å². The van der Waals surface area contributed by atoms with Crippen molar-refractivity contribution >= 4 is 88.5 Å². The van der Waals surface area contributed by atoms with Crippen molar-refractivity contribution in [3.63, 3.8) is 0 Å². The Labute approximate surface area is 718 Å². The number of nitrogens with zero attached hydrogens (tertiary/aromatic N) is 7. The first-order valence-corrected chi connectivity index (χ1v) is 42.4. The molecule has 7 aliphatic heterocycles. The molecule has 0 atom stereocenters. The van der Waals surface area contributed by atoms with E-state index in [1.165, 1.54) is 101 Å². The van der Waals surface area contributed by atoms with Crippen molar-refractivity contribution in [2.24, 2.45) is 0 Å². The van der Waals surface area contributed by atoms with Gasteiger partial charge in [0, 0.05) is 78.4 Å². The molecule has 0 fully saturated rings. The highest BCUT2D eigenvalue weighted by atomic mass is 16.5. The van der Waals surface area contributed by atoms with Crippen LogP contribution < -0.4 is 45.0 Å². The summed E-state index contributed by atoms with van der Waals surface area (Å²) >= 11 is 0. The van der Waals surface area contributed by atoms with Crippen LogP contribution in [0, 0.1) is 0 Å². The van der Waals surface area contributed by atoms with Crippen molar-refractivity contribution in [2.45, 2.75) is 38.4 Å². The molecule has 0 radical (unpaired) electrons. The molecule has 9 nitrogen and oxygen atoms in total. The minimum Gasteiger partial charge on any atom is -0.536 e. The van der Waals surface area contributed by atoms with Crippen LogP contribution in [0.3, 0.4) is 0 Å². The minimum atomic E-state index is -0.202. The summed E-state index contributed by atoms with van der Waals surface area (Å²) in [4.78, 5) is 24.8. The summed E-state index contributed by atoms with van der Waals surface area (Å²) in [6.45, 7) is 9.76. The summed E-state index contributed by atoms with van der Waals surface area (Å²) in [7, 11) is -0.392. The quantitative estimate of drug-likeness (QED) is 0.138. The summed E-state index contributed by atoms with van der Waals surface area (Å²) in [5.41, 5.74) is 39.8. The molecule has 0 aliphatic carbocycles. The summed E-state index contributed by atoms with van der Waals surface area (Å²) < 4.78 is 13.0. The lowest BCUT2D eigenvalue weighted by molar-refractivity contribution is 0.603. The van der Waals surface area contributed by atoms with E-state index in [2.05, 4.69) is 399 Å². The SMILES string of the molecule is CC1(C)B2c3ccccc3-c3ccccc3N2c2ccc(-c3ccc(N4c5ccccc5C(C)(C)c5ccccc54)cc3)cc21.c1ccc(-c2cc(-c3ccc4c(c3)-c3ccccc3N3B4Oc4ccccc43)nc(-c3ccccc3)n2)cc1.c1ccc(-c2cc(-c3ccccc3)nc(-c3ccc4c(c3)-c3ccccc3N3B4Oc4ccccc43)c2)cc1. The molecule has 0 amide bonds. The number of hydrogen-bond acceptors (Lipinski definition) is 9. The van der Waals surface area contributed by atoms with Crippen LogP contribution in [0.15, 0.2) is 413 Å². The zero-order valence-electron chi connectivity index (χ0n) is 68.4. The average molecular weight is 1580 g/mol. The van der Waals surface area contributed by atoms with Gasteiger partial charge in [-0.1, -0.05) is 331 Å². The fourth-order valence-electron chi connectivity index (χ4n) is 20.0. The second kappa shape index (κ2) is 29.3. The maximum atomic E-state index is 6.50. The maximum absolute atomic E-state index is 6.50. The number of aromatic nitrogens is 3. The van der Waals surface area contributed by atoms with Crippen LogP contribution in [-0.2, 0) is 10.7 Å². The molecule has 0 saturated heterocycles. The summed E-state index contributed by atoms with van der Waals surface area (Å²) in [6.07, 6.45) is 0. The first kappa shape index (κ1) is 72.9. The predicted octanol–water partition coefficient (Wildman–Crippen LogP) is 25.7. The van der Waals surface area contributed by atoms with E-state index in [4.69, 9.17) is 24.3 Å². The highest BCUT2D eigenvalue weighted by molar-refractivity contribution is 6.84. The molecule has 16 aromatic carbocycles. The molecule has 0 N–H and O–H groups in total. The molecule has 0 bridgehead atoms. The van der Waals surface area contributed by atoms with Crippen LogP contribution >= 0.6 is 0 Å². The predicted molar refractivity (Wildman–Crippen MR) is 510 cm³/mol. The van der Waals surface area contributed by atoms with Gasteiger partial charge in [-0.2, -0.15) is 0 Å². The van der Waals surface area contributed by atoms with Gasteiger partial charge >= 0.3 is 20.9 Å². The minimum absolute atomic E-state index is 0.0604. The van der Waals surface area contributed by atoms with Crippen molar-refractivity contribution < 1.29 is 9.31 Å². The standard InChI is InChI=1S/C42H35BN2.C35H23BN2O.C34H22BN3O/c1-41(2)33-15-7-11-19-38(33)44(39-20-12-8-16-34(39)41)30-24-21-28(22-25-30)29-23-26-40-35(27-29)42(3,4)43-36-17-9-5-13-31(36)32-14-6-10-18-37(32)45(40)43;1-3-11-24(12-4-1)27-22-31(25-13-5-2-6-14-25)37-32(23-27)26-19-20-30-29(21-26)28-15-7-8-16-33(28)38-34-17-9-10-18-35(34)39-36(30)38;1-3-11-23(12-4-1)29-22-30(37-34(36-29)24-13-5-2-6-14-24)25-19-20-28-27(21-25)26-15-7-8-16-31(26)38-32-17-9-10-18-33(32)39-35(28)38/h5-27H,1-4H3;1-23H;1-22H. The van der Waals surface area contributed by atoms with Crippen molar-refractivity contribution in [2.75, 3.05) is 19.3 Å². The van der Waals surface area contributed by atoms with Gasteiger partial charge in [-0.15, -0.1) is 0 Å². The monoisotopic (exact) mass is 1580 g/mol. The Bertz CT molecular complexity index is 6770. The van der Waals surface area contributed by atoms with Crippen LogP contribution in [0.1, 0.15) is 44.4 Å². The van der Waals surface area contributed by atoms with E-state index in [9.17, 15) is 0 Å². The van der Waals surface area contributed by atoms with Gasteiger partial charge in [-0.3, -0.25) is 0 Å². The number of benzene rings is 16. The highest BCUT2D eigenvalue weighted by Gasteiger charge is 2.53.